The molecule has 1 aromatic heterocycles. The van der Waals surface area contributed by atoms with Gasteiger partial charge in [-0.1, -0.05) is 65.6 Å². The highest BCUT2D eigenvalue weighted by Gasteiger charge is 2.32. The van der Waals surface area contributed by atoms with Gasteiger partial charge in [0.15, 0.2) is 0 Å². The Bertz CT molecular complexity index is 1100. The van der Waals surface area contributed by atoms with Crippen molar-refractivity contribution >= 4 is 73.0 Å². The lowest BCUT2D eigenvalue weighted by atomic mass is 10.0. The van der Waals surface area contributed by atoms with Crippen molar-refractivity contribution in [2.45, 2.75) is 52.5 Å². The number of likely N-dealkylation sites (N-methyl/N-ethyl adjacent to an activating group) is 1. The van der Waals surface area contributed by atoms with E-state index in [0.29, 0.717) is 28.9 Å². The van der Waals surface area contributed by atoms with E-state index in [4.69, 9.17) is 12.2 Å². The lowest BCUT2D eigenvalue weighted by Gasteiger charge is -2.19. The maximum atomic E-state index is 13.2. The minimum Gasteiger partial charge on any atom is -0.342 e. The molecular weight excluding hydrogens is 518 g/mol. The molecule has 0 spiro atoms. The molecule has 0 unspecified atom stereocenters. The molecule has 1 saturated heterocycles. The molecule has 2 heterocycles. The average molecular weight is 549 g/mol. The zero-order valence-corrected chi connectivity index (χ0v) is 22.4. The van der Waals surface area contributed by atoms with Crippen LogP contribution < -0.4 is 0 Å². The molecule has 0 radical (unpaired) electrons. The molecule has 33 heavy (non-hydrogen) atoms. The van der Waals surface area contributed by atoms with E-state index >= 15 is 0 Å². The third-order valence-corrected chi connectivity index (χ3v) is 8.56. The minimum absolute atomic E-state index is 0.00175. The smallest absolute Gasteiger partial charge is 0.266 e. The van der Waals surface area contributed by atoms with Crippen molar-refractivity contribution in [3.05, 3.63) is 39.3 Å². The van der Waals surface area contributed by atoms with Gasteiger partial charge in [-0.05, 0) is 50.5 Å². The normalized spacial score (nSPS) is 18.3. The van der Waals surface area contributed by atoms with Crippen LogP contribution in [0, 0.1) is 5.92 Å². The number of amides is 2. The molecule has 4 rings (SSSR count). The predicted molar refractivity (Wildman–Crippen MR) is 144 cm³/mol. The summed E-state index contributed by atoms with van der Waals surface area (Å²) in [6.07, 6.45) is 10.1. The van der Waals surface area contributed by atoms with Crippen molar-refractivity contribution in [2.24, 2.45) is 5.92 Å². The molecule has 2 fully saturated rings. The van der Waals surface area contributed by atoms with E-state index in [2.05, 4.69) is 15.9 Å². The van der Waals surface area contributed by atoms with Gasteiger partial charge >= 0.3 is 0 Å². The van der Waals surface area contributed by atoms with Crippen molar-refractivity contribution in [1.82, 2.24) is 14.4 Å². The fourth-order valence-electron chi connectivity index (χ4n) is 4.81. The fourth-order valence-corrected chi connectivity index (χ4v) is 6.47. The van der Waals surface area contributed by atoms with Crippen LogP contribution >= 0.6 is 39.9 Å². The van der Waals surface area contributed by atoms with Crippen molar-refractivity contribution in [1.29, 1.82) is 0 Å². The van der Waals surface area contributed by atoms with Crippen LogP contribution in [0.2, 0.25) is 0 Å². The molecule has 2 aliphatic rings. The first-order valence-corrected chi connectivity index (χ1v) is 13.7. The van der Waals surface area contributed by atoms with E-state index in [9.17, 15) is 9.59 Å². The zero-order chi connectivity index (χ0) is 23.5. The Labute approximate surface area is 213 Å². The Hall–Kier alpha value is -1.64. The monoisotopic (exact) mass is 547 g/mol. The summed E-state index contributed by atoms with van der Waals surface area (Å²) >= 11 is 10.5. The third kappa shape index (κ3) is 5.38. The average Bonchev–Trinajstić information content (AvgIpc) is 3.48. The van der Waals surface area contributed by atoms with Crippen LogP contribution in [0.15, 0.2) is 33.8 Å². The second-order valence-corrected chi connectivity index (χ2v) is 11.3. The molecule has 1 aromatic carbocycles. The van der Waals surface area contributed by atoms with Crippen molar-refractivity contribution < 1.29 is 9.59 Å². The Morgan fingerprint density at radius 3 is 2.70 bits per heavy atom. The summed E-state index contributed by atoms with van der Waals surface area (Å²) in [5, 5.41) is 1.01. The highest BCUT2D eigenvalue weighted by molar-refractivity contribution is 9.10. The first-order valence-electron chi connectivity index (χ1n) is 11.7. The van der Waals surface area contributed by atoms with Crippen LogP contribution in [0.1, 0.15) is 51.5 Å². The Balaban J connectivity index is 1.59. The van der Waals surface area contributed by atoms with Crippen molar-refractivity contribution in [2.75, 3.05) is 19.6 Å². The number of thiocarbonyl (C=S) groups is 1. The molecule has 0 atom stereocenters. The molecule has 176 valence electrons. The number of aromatic nitrogens is 1. The van der Waals surface area contributed by atoms with Gasteiger partial charge in [-0.25, -0.2) is 0 Å². The van der Waals surface area contributed by atoms with Gasteiger partial charge in [-0.15, -0.1) is 0 Å². The Kier molecular flexibility index (Phi) is 7.97. The number of rotatable bonds is 8. The van der Waals surface area contributed by atoms with Crippen molar-refractivity contribution in [3.8, 4) is 0 Å². The number of thioether (sulfide) groups is 1. The van der Waals surface area contributed by atoms with Gasteiger partial charge in [0.1, 0.15) is 10.9 Å². The number of halogens is 1. The first kappa shape index (κ1) is 24.5. The lowest BCUT2D eigenvalue weighted by Crippen LogP contribution is -2.33. The number of hydrogen-bond acceptors (Lipinski definition) is 4. The van der Waals surface area contributed by atoms with E-state index in [-0.39, 0.29) is 18.4 Å². The van der Waals surface area contributed by atoms with Gasteiger partial charge in [-0.3, -0.25) is 14.5 Å². The minimum atomic E-state index is -0.00175. The third-order valence-electron chi connectivity index (χ3n) is 6.69. The van der Waals surface area contributed by atoms with Crippen LogP contribution in [-0.4, -0.2) is 50.1 Å². The molecular formula is C25H30BrN3O2S2. The van der Waals surface area contributed by atoms with Crippen LogP contribution in [0.5, 0.6) is 0 Å². The number of fused-ring (bicyclic) bond motifs is 1. The van der Waals surface area contributed by atoms with Crippen LogP contribution in [0.25, 0.3) is 17.0 Å². The first-order chi connectivity index (χ1) is 15.9. The highest BCUT2D eigenvalue weighted by Crippen LogP contribution is 2.36. The summed E-state index contributed by atoms with van der Waals surface area (Å²) in [7, 11) is 0. The number of benzene rings is 1. The number of carbonyl (C=O) groups excluding carboxylic acids is 2. The van der Waals surface area contributed by atoms with Gasteiger partial charge in [0.25, 0.3) is 5.91 Å². The standard InChI is InChI=1S/C25H30BrN3O2S2/c1-3-27(4-2)23(30)16-28-15-18(20-14-19(26)9-10-21(20)28)13-22-24(31)29(25(32)33-22)12-11-17-7-5-6-8-17/h9-10,13-15,17H,3-8,11-12,16H2,1-2H3/b22-13-. The number of hydrogen-bond donors (Lipinski definition) is 0. The highest BCUT2D eigenvalue weighted by atomic mass is 79.9. The van der Waals surface area contributed by atoms with E-state index < -0.39 is 0 Å². The Morgan fingerprint density at radius 1 is 1.27 bits per heavy atom. The van der Waals surface area contributed by atoms with Crippen LogP contribution in [0.4, 0.5) is 0 Å². The second-order valence-electron chi connectivity index (χ2n) is 8.71. The molecule has 2 amide bonds. The summed E-state index contributed by atoms with van der Waals surface area (Å²) in [6.45, 7) is 6.35. The van der Waals surface area contributed by atoms with Crippen molar-refractivity contribution in [3.63, 3.8) is 0 Å². The predicted octanol–water partition coefficient (Wildman–Crippen LogP) is 6.05. The fraction of sp³-hybridized carbons (Fsp3) is 0.480. The maximum absolute atomic E-state index is 13.2. The quantitative estimate of drug-likeness (QED) is 0.298. The van der Waals surface area contributed by atoms with Gasteiger partial charge in [-0.2, -0.15) is 0 Å². The van der Waals surface area contributed by atoms with Crippen LogP contribution in [-0.2, 0) is 16.1 Å². The molecule has 1 aliphatic carbocycles. The molecule has 1 saturated carbocycles. The SMILES string of the molecule is CCN(CC)C(=O)Cn1cc(/C=C2\SC(=S)N(CCC3CCCC3)C2=O)c2cc(Br)ccc21. The molecule has 1 aliphatic heterocycles. The number of nitrogens with zero attached hydrogens (tertiary/aromatic N) is 3. The van der Waals surface area contributed by atoms with E-state index in [1.807, 2.05) is 53.8 Å². The second kappa shape index (κ2) is 10.7. The summed E-state index contributed by atoms with van der Waals surface area (Å²) in [4.78, 5) is 30.2. The Morgan fingerprint density at radius 2 is 2.00 bits per heavy atom. The van der Waals surface area contributed by atoms with E-state index in [1.165, 1.54) is 37.4 Å². The van der Waals surface area contributed by atoms with Crippen LogP contribution in [0.3, 0.4) is 0 Å². The van der Waals surface area contributed by atoms with E-state index in [0.717, 1.165) is 33.3 Å². The summed E-state index contributed by atoms with van der Waals surface area (Å²) in [5.41, 5.74) is 1.90. The largest absolute Gasteiger partial charge is 0.342 e. The van der Waals surface area contributed by atoms with Gasteiger partial charge in [0, 0.05) is 46.8 Å². The van der Waals surface area contributed by atoms with Gasteiger partial charge in [0.05, 0.1) is 4.91 Å². The summed E-state index contributed by atoms with van der Waals surface area (Å²) in [6, 6.07) is 6.03. The summed E-state index contributed by atoms with van der Waals surface area (Å²) in [5.74, 6) is 0.806. The molecule has 0 N–H and O–H groups in total. The van der Waals surface area contributed by atoms with Gasteiger partial charge in [0.2, 0.25) is 5.91 Å². The number of carbonyl (C=O) groups is 2. The zero-order valence-electron chi connectivity index (χ0n) is 19.2. The molecule has 5 nitrogen and oxygen atoms in total. The summed E-state index contributed by atoms with van der Waals surface area (Å²) < 4.78 is 3.59. The molecule has 2 aromatic rings. The lowest BCUT2D eigenvalue weighted by molar-refractivity contribution is -0.131. The van der Waals surface area contributed by atoms with E-state index in [1.54, 1.807) is 4.90 Å². The molecule has 8 heteroatoms. The molecule has 0 bridgehead atoms. The van der Waals surface area contributed by atoms with Gasteiger partial charge < -0.3 is 9.47 Å². The topological polar surface area (TPSA) is 45.6 Å². The maximum Gasteiger partial charge on any atom is 0.266 e.